The van der Waals surface area contributed by atoms with Crippen LogP contribution in [0.4, 0.5) is 5.69 Å². The van der Waals surface area contributed by atoms with Gasteiger partial charge in [-0.25, -0.2) is 0 Å². The quantitative estimate of drug-likeness (QED) is 0.766. The fourth-order valence-electron chi connectivity index (χ4n) is 2.02. The Bertz CT molecular complexity index is 637. The minimum Gasteiger partial charge on any atom is -0.497 e. The van der Waals surface area contributed by atoms with E-state index in [1.54, 1.807) is 43.5 Å². The van der Waals surface area contributed by atoms with E-state index in [1.807, 2.05) is 0 Å². The molecule has 0 unspecified atom stereocenters. The van der Waals surface area contributed by atoms with E-state index in [2.05, 4.69) is 5.32 Å². The van der Waals surface area contributed by atoms with Crippen molar-refractivity contribution >= 4 is 17.6 Å². The normalized spacial score (nSPS) is 10.1. The molecule has 1 aromatic heterocycles. The summed E-state index contributed by atoms with van der Waals surface area (Å²) in [7, 11) is 1.55. The molecule has 7 heteroatoms. The topological polar surface area (TPSA) is 92.0 Å². The Morgan fingerprint density at radius 1 is 1.22 bits per heavy atom. The number of benzene rings is 1. The zero-order chi connectivity index (χ0) is 16.7. The largest absolute Gasteiger partial charge is 0.497 e. The van der Waals surface area contributed by atoms with Gasteiger partial charge in [0.2, 0.25) is 5.91 Å². The Balaban J connectivity index is 1.99. The third-order valence-electron chi connectivity index (χ3n) is 3.14. The summed E-state index contributed by atoms with van der Waals surface area (Å²) in [6.45, 7) is -0.0881. The fraction of sp³-hybridized carbons (Fsp3) is 0.250. The summed E-state index contributed by atoms with van der Waals surface area (Å²) in [6, 6.07) is 10.3. The zero-order valence-corrected chi connectivity index (χ0v) is 12.7. The van der Waals surface area contributed by atoms with Crippen LogP contribution in [0.3, 0.4) is 0 Å². The van der Waals surface area contributed by atoms with E-state index in [4.69, 9.17) is 14.3 Å². The van der Waals surface area contributed by atoms with E-state index in [0.717, 1.165) is 0 Å². The lowest BCUT2D eigenvalue weighted by Gasteiger charge is -2.22. The first kappa shape index (κ1) is 16.4. The van der Waals surface area contributed by atoms with Crippen LogP contribution < -0.4 is 15.0 Å². The van der Waals surface area contributed by atoms with Gasteiger partial charge in [-0.15, -0.1) is 0 Å². The second-order valence-corrected chi connectivity index (χ2v) is 4.80. The zero-order valence-electron chi connectivity index (χ0n) is 12.7. The molecule has 0 radical (unpaired) electrons. The highest BCUT2D eigenvalue weighted by atomic mass is 16.5. The van der Waals surface area contributed by atoms with E-state index in [1.165, 1.54) is 11.2 Å². The van der Waals surface area contributed by atoms with Gasteiger partial charge in [-0.05, 0) is 36.4 Å². The number of carboxylic acid groups (broad SMARTS) is 1. The maximum atomic E-state index is 12.0. The average molecular weight is 318 g/mol. The van der Waals surface area contributed by atoms with Gasteiger partial charge in [0, 0.05) is 5.69 Å². The van der Waals surface area contributed by atoms with Crippen LogP contribution in [0.25, 0.3) is 0 Å². The van der Waals surface area contributed by atoms with Crippen molar-refractivity contribution in [1.82, 2.24) is 5.32 Å². The van der Waals surface area contributed by atoms with Crippen molar-refractivity contribution < 1.29 is 23.8 Å². The molecular weight excluding hydrogens is 300 g/mol. The van der Waals surface area contributed by atoms with Crippen LogP contribution in [0.5, 0.6) is 5.75 Å². The molecule has 7 nitrogen and oxygen atoms in total. The second-order valence-electron chi connectivity index (χ2n) is 4.80. The number of ether oxygens (including phenoxy) is 1. The molecule has 0 fully saturated rings. The van der Waals surface area contributed by atoms with E-state index in [-0.39, 0.29) is 25.5 Å². The van der Waals surface area contributed by atoms with Crippen LogP contribution in [0.1, 0.15) is 5.76 Å². The number of methoxy groups -OCH3 is 1. The number of nitrogens with one attached hydrogen (secondary N) is 1. The summed E-state index contributed by atoms with van der Waals surface area (Å²) in [5, 5.41) is 11.7. The highest BCUT2D eigenvalue weighted by Crippen LogP contribution is 2.19. The van der Waals surface area contributed by atoms with Crippen molar-refractivity contribution in [3.8, 4) is 5.75 Å². The first-order chi connectivity index (χ1) is 11.1. The summed E-state index contributed by atoms with van der Waals surface area (Å²) in [5.41, 5.74) is 0.626. The molecule has 2 rings (SSSR count). The van der Waals surface area contributed by atoms with Crippen LogP contribution in [-0.4, -0.2) is 37.2 Å². The van der Waals surface area contributed by atoms with E-state index >= 15 is 0 Å². The number of hydrogen-bond donors (Lipinski definition) is 2. The monoisotopic (exact) mass is 318 g/mol. The second kappa shape index (κ2) is 7.88. The minimum absolute atomic E-state index is 0.0701. The Hall–Kier alpha value is -2.96. The van der Waals surface area contributed by atoms with Gasteiger partial charge < -0.3 is 24.5 Å². The van der Waals surface area contributed by atoms with E-state index in [9.17, 15) is 9.59 Å². The lowest BCUT2D eigenvalue weighted by molar-refractivity contribution is -0.135. The SMILES string of the molecule is COc1ccc(N(CC(=O)O)CC(=O)NCc2ccco2)cc1. The number of amides is 1. The maximum Gasteiger partial charge on any atom is 0.323 e. The van der Waals surface area contributed by atoms with Crippen molar-refractivity contribution in [3.05, 3.63) is 48.4 Å². The van der Waals surface area contributed by atoms with Crippen molar-refractivity contribution in [2.24, 2.45) is 0 Å². The van der Waals surface area contributed by atoms with Gasteiger partial charge in [-0.1, -0.05) is 0 Å². The summed E-state index contributed by atoms with van der Waals surface area (Å²) >= 11 is 0. The molecule has 0 saturated heterocycles. The molecule has 0 bridgehead atoms. The van der Waals surface area contributed by atoms with Crippen LogP contribution in [0.15, 0.2) is 47.1 Å². The van der Waals surface area contributed by atoms with Gasteiger partial charge in [-0.2, -0.15) is 0 Å². The molecule has 2 aromatic rings. The molecule has 0 aliphatic heterocycles. The number of aliphatic carboxylic acids is 1. The summed E-state index contributed by atoms with van der Waals surface area (Å²) in [4.78, 5) is 24.5. The number of carbonyl (C=O) groups excluding carboxylic acids is 1. The van der Waals surface area contributed by atoms with Crippen LogP contribution in [0.2, 0.25) is 0 Å². The van der Waals surface area contributed by atoms with Crippen LogP contribution >= 0.6 is 0 Å². The minimum atomic E-state index is -1.01. The maximum absolute atomic E-state index is 12.0. The number of anilines is 1. The molecule has 122 valence electrons. The predicted molar refractivity (Wildman–Crippen MR) is 83.4 cm³/mol. The van der Waals surface area contributed by atoms with E-state index in [0.29, 0.717) is 17.2 Å². The fourth-order valence-corrected chi connectivity index (χ4v) is 2.02. The van der Waals surface area contributed by atoms with Gasteiger partial charge in [0.25, 0.3) is 0 Å². The number of furan rings is 1. The molecule has 0 aliphatic carbocycles. The van der Waals surface area contributed by atoms with Crippen molar-refractivity contribution in [2.45, 2.75) is 6.54 Å². The number of rotatable bonds is 8. The summed E-state index contributed by atoms with van der Waals surface area (Å²) < 4.78 is 10.2. The van der Waals surface area contributed by atoms with E-state index < -0.39 is 5.97 Å². The Morgan fingerprint density at radius 2 is 1.96 bits per heavy atom. The van der Waals surface area contributed by atoms with Gasteiger partial charge in [0.1, 0.15) is 18.1 Å². The lowest BCUT2D eigenvalue weighted by Crippen LogP contribution is -2.39. The van der Waals surface area contributed by atoms with Crippen LogP contribution in [0, 0.1) is 0 Å². The first-order valence-corrected chi connectivity index (χ1v) is 6.98. The smallest absolute Gasteiger partial charge is 0.323 e. The van der Waals surface area contributed by atoms with Gasteiger partial charge in [-0.3, -0.25) is 9.59 Å². The molecule has 0 spiro atoms. The van der Waals surface area contributed by atoms with Gasteiger partial charge in [0.15, 0.2) is 0 Å². The van der Waals surface area contributed by atoms with Crippen molar-refractivity contribution in [2.75, 3.05) is 25.1 Å². The lowest BCUT2D eigenvalue weighted by atomic mass is 10.2. The summed E-state index contributed by atoms with van der Waals surface area (Å²) in [6.07, 6.45) is 1.52. The molecule has 1 amide bonds. The summed E-state index contributed by atoms with van der Waals surface area (Å²) in [5.74, 6) is -0.0167. The highest BCUT2D eigenvalue weighted by Gasteiger charge is 2.15. The third kappa shape index (κ3) is 5.06. The number of nitrogens with zero attached hydrogens (tertiary/aromatic N) is 1. The average Bonchev–Trinajstić information content (AvgIpc) is 3.05. The predicted octanol–water partition coefficient (Wildman–Crippen LogP) is 1.50. The molecule has 1 aromatic carbocycles. The van der Waals surface area contributed by atoms with Crippen molar-refractivity contribution in [3.63, 3.8) is 0 Å². The Labute approximate surface area is 133 Å². The van der Waals surface area contributed by atoms with Gasteiger partial charge in [0.05, 0.1) is 26.5 Å². The molecule has 0 aliphatic rings. The Kier molecular flexibility index (Phi) is 5.62. The first-order valence-electron chi connectivity index (χ1n) is 6.98. The molecule has 0 saturated carbocycles. The third-order valence-corrected chi connectivity index (χ3v) is 3.14. The molecule has 23 heavy (non-hydrogen) atoms. The van der Waals surface area contributed by atoms with Crippen molar-refractivity contribution in [1.29, 1.82) is 0 Å². The molecular formula is C16H18N2O5. The standard InChI is InChI=1S/C16H18N2O5/c1-22-13-6-4-12(5-7-13)18(11-16(20)21)10-15(19)17-9-14-3-2-8-23-14/h2-8H,9-11H2,1H3,(H,17,19)(H,20,21). The van der Waals surface area contributed by atoms with Gasteiger partial charge >= 0.3 is 5.97 Å². The molecule has 1 heterocycles. The number of carbonyl (C=O) groups is 2. The number of hydrogen-bond acceptors (Lipinski definition) is 5. The molecule has 2 N–H and O–H groups in total. The highest BCUT2D eigenvalue weighted by molar-refractivity contribution is 5.84. The number of carboxylic acids is 1. The van der Waals surface area contributed by atoms with Crippen LogP contribution in [-0.2, 0) is 16.1 Å². The molecule has 0 atom stereocenters. The Morgan fingerprint density at radius 3 is 2.52 bits per heavy atom.